The van der Waals surface area contributed by atoms with E-state index in [1.54, 1.807) is 6.07 Å². The summed E-state index contributed by atoms with van der Waals surface area (Å²) in [6.07, 6.45) is 0.244. The molecule has 7 heteroatoms. The van der Waals surface area contributed by atoms with E-state index in [4.69, 9.17) is 4.74 Å². The Morgan fingerprint density at radius 2 is 1.78 bits per heavy atom. The number of nitrogens with zero attached hydrogens (tertiary/aromatic N) is 1. The minimum atomic E-state index is -0.832. The van der Waals surface area contributed by atoms with Crippen molar-refractivity contribution in [1.82, 2.24) is 5.32 Å². The highest BCUT2D eigenvalue weighted by Crippen LogP contribution is 2.17. The van der Waals surface area contributed by atoms with Crippen molar-refractivity contribution in [1.29, 1.82) is 0 Å². The van der Waals surface area contributed by atoms with Crippen molar-refractivity contribution >= 4 is 17.6 Å². The molecule has 2 aromatic rings. The molecule has 1 atom stereocenters. The van der Waals surface area contributed by atoms with E-state index in [1.165, 1.54) is 25.3 Å². The van der Waals surface area contributed by atoms with Crippen LogP contribution in [0, 0.1) is 24.0 Å². The van der Waals surface area contributed by atoms with Gasteiger partial charge in [-0.25, -0.2) is 4.79 Å². The van der Waals surface area contributed by atoms with Gasteiger partial charge >= 0.3 is 5.97 Å². The molecule has 0 aromatic heterocycles. The van der Waals surface area contributed by atoms with Crippen LogP contribution in [-0.2, 0) is 27.2 Å². The largest absolute Gasteiger partial charge is 0.467 e. The third-order valence-electron chi connectivity index (χ3n) is 4.36. The fraction of sp³-hybridized carbons (Fsp3) is 0.300. The van der Waals surface area contributed by atoms with E-state index in [2.05, 4.69) is 5.32 Å². The van der Waals surface area contributed by atoms with Crippen LogP contribution in [0.1, 0.15) is 22.3 Å². The van der Waals surface area contributed by atoms with Crippen LogP contribution in [0.4, 0.5) is 5.69 Å². The van der Waals surface area contributed by atoms with E-state index < -0.39 is 22.8 Å². The topological polar surface area (TPSA) is 98.5 Å². The monoisotopic (exact) mass is 370 g/mol. The van der Waals surface area contributed by atoms with Gasteiger partial charge in [-0.15, -0.1) is 0 Å². The first kappa shape index (κ1) is 20.1. The number of nitro benzene ring substituents is 1. The summed E-state index contributed by atoms with van der Waals surface area (Å²) in [4.78, 5) is 34.9. The van der Waals surface area contributed by atoms with Crippen LogP contribution in [0.15, 0.2) is 42.5 Å². The number of aryl methyl sites for hydroxylation is 2. The van der Waals surface area contributed by atoms with Gasteiger partial charge in [-0.05, 0) is 36.1 Å². The molecule has 0 aliphatic heterocycles. The van der Waals surface area contributed by atoms with Crippen LogP contribution in [0.25, 0.3) is 0 Å². The second-order valence-corrected chi connectivity index (χ2v) is 6.32. The number of benzene rings is 2. The van der Waals surface area contributed by atoms with E-state index in [1.807, 2.05) is 32.0 Å². The number of methoxy groups -OCH3 is 1. The Morgan fingerprint density at radius 3 is 2.37 bits per heavy atom. The summed E-state index contributed by atoms with van der Waals surface area (Å²) in [5.74, 6) is -0.942. The van der Waals surface area contributed by atoms with Crippen LogP contribution in [-0.4, -0.2) is 30.0 Å². The first-order valence-electron chi connectivity index (χ1n) is 8.47. The summed E-state index contributed by atoms with van der Waals surface area (Å²) >= 11 is 0. The number of amides is 1. The van der Waals surface area contributed by atoms with Crippen LogP contribution >= 0.6 is 0 Å². The molecule has 1 amide bonds. The predicted octanol–water partition coefficient (Wildman–Crippen LogP) is 2.65. The van der Waals surface area contributed by atoms with Gasteiger partial charge in [0.25, 0.3) is 5.69 Å². The number of nitro groups is 1. The molecule has 0 radical (unpaired) electrons. The molecule has 0 unspecified atom stereocenters. The number of ether oxygens (including phenoxy) is 1. The van der Waals surface area contributed by atoms with Gasteiger partial charge in [0.05, 0.1) is 18.5 Å². The van der Waals surface area contributed by atoms with Crippen LogP contribution in [0.3, 0.4) is 0 Å². The lowest BCUT2D eigenvalue weighted by Crippen LogP contribution is -2.44. The third kappa shape index (κ3) is 5.37. The zero-order valence-corrected chi connectivity index (χ0v) is 15.5. The van der Waals surface area contributed by atoms with Gasteiger partial charge in [0.15, 0.2) is 0 Å². The van der Waals surface area contributed by atoms with Crippen molar-refractivity contribution in [2.24, 2.45) is 0 Å². The van der Waals surface area contributed by atoms with Crippen LogP contribution in [0.2, 0.25) is 0 Å². The molecule has 0 aliphatic carbocycles. The standard InChI is InChI=1S/C20H22N2O5/c1-13-6-4-7-14(2)17(13)12-18(20(24)27-3)21-19(23)11-15-8-5-9-16(10-15)22(25)26/h4-10,18H,11-12H2,1-3H3,(H,21,23)/t18-/m1/s1. The SMILES string of the molecule is COC(=O)[C@@H](Cc1c(C)cccc1C)NC(=O)Cc1cccc([N+](=O)[O-])c1. The minimum absolute atomic E-state index is 0.0675. The lowest BCUT2D eigenvalue weighted by molar-refractivity contribution is -0.384. The number of nitrogens with one attached hydrogen (secondary N) is 1. The van der Waals surface area contributed by atoms with Gasteiger partial charge in [-0.1, -0.05) is 30.3 Å². The smallest absolute Gasteiger partial charge is 0.328 e. The second-order valence-electron chi connectivity index (χ2n) is 6.32. The highest BCUT2D eigenvalue weighted by Gasteiger charge is 2.23. The molecule has 0 aliphatic rings. The first-order valence-corrected chi connectivity index (χ1v) is 8.47. The normalized spacial score (nSPS) is 11.5. The van der Waals surface area contributed by atoms with E-state index in [0.717, 1.165) is 16.7 Å². The lowest BCUT2D eigenvalue weighted by atomic mass is 9.96. The molecule has 0 fully saturated rings. The fourth-order valence-corrected chi connectivity index (χ4v) is 2.92. The summed E-state index contributed by atoms with van der Waals surface area (Å²) in [6, 6.07) is 10.9. The Morgan fingerprint density at radius 1 is 1.15 bits per heavy atom. The third-order valence-corrected chi connectivity index (χ3v) is 4.36. The second kappa shape index (κ2) is 8.93. The number of carbonyl (C=O) groups excluding carboxylic acids is 2. The molecule has 0 spiro atoms. The highest BCUT2D eigenvalue weighted by molar-refractivity contribution is 5.86. The quantitative estimate of drug-likeness (QED) is 0.459. The van der Waals surface area contributed by atoms with Gasteiger partial charge in [0.2, 0.25) is 5.91 Å². The van der Waals surface area contributed by atoms with Crippen molar-refractivity contribution in [3.05, 3.63) is 74.8 Å². The molecule has 0 saturated carbocycles. The number of hydrogen-bond donors (Lipinski definition) is 1. The molecule has 0 saturated heterocycles. The van der Waals surface area contributed by atoms with Gasteiger partial charge in [0, 0.05) is 18.6 Å². The number of hydrogen-bond acceptors (Lipinski definition) is 5. The van der Waals surface area contributed by atoms with Gasteiger partial charge in [-0.2, -0.15) is 0 Å². The highest BCUT2D eigenvalue weighted by atomic mass is 16.6. The molecular formula is C20H22N2O5. The van der Waals surface area contributed by atoms with E-state index in [9.17, 15) is 19.7 Å². The molecule has 7 nitrogen and oxygen atoms in total. The Hall–Kier alpha value is -3.22. The molecular weight excluding hydrogens is 348 g/mol. The van der Waals surface area contributed by atoms with Gasteiger partial charge < -0.3 is 10.1 Å². The van der Waals surface area contributed by atoms with E-state index >= 15 is 0 Å². The summed E-state index contributed by atoms with van der Waals surface area (Å²) in [5, 5.41) is 13.5. The molecule has 0 bridgehead atoms. The van der Waals surface area contributed by atoms with Gasteiger partial charge in [0.1, 0.15) is 6.04 Å². The molecule has 142 valence electrons. The van der Waals surface area contributed by atoms with Crippen LogP contribution in [0.5, 0.6) is 0 Å². The average Bonchev–Trinajstić information content (AvgIpc) is 2.63. The Bertz CT molecular complexity index is 843. The Kier molecular flexibility index (Phi) is 6.65. The Balaban J connectivity index is 2.14. The zero-order chi connectivity index (χ0) is 20.0. The number of esters is 1. The maximum absolute atomic E-state index is 12.4. The summed E-state index contributed by atoms with van der Waals surface area (Å²) < 4.78 is 4.82. The van der Waals surface area contributed by atoms with Crippen molar-refractivity contribution in [2.45, 2.75) is 32.7 Å². The van der Waals surface area contributed by atoms with Crippen molar-refractivity contribution in [3.8, 4) is 0 Å². The number of carbonyl (C=O) groups is 2. The maximum atomic E-state index is 12.4. The van der Waals surface area contributed by atoms with Crippen molar-refractivity contribution in [2.75, 3.05) is 7.11 Å². The summed E-state index contributed by atoms with van der Waals surface area (Å²) in [5.41, 5.74) is 3.44. The summed E-state index contributed by atoms with van der Waals surface area (Å²) in [6.45, 7) is 3.89. The van der Waals surface area contributed by atoms with Crippen molar-refractivity contribution in [3.63, 3.8) is 0 Å². The molecule has 2 rings (SSSR count). The summed E-state index contributed by atoms with van der Waals surface area (Å²) in [7, 11) is 1.27. The first-order chi connectivity index (χ1) is 12.8. The maximum Gasteiger partial charge on any atom is 0.328 e. The average molecular weight is 370 g/mol. The minimum Gasteiger partial charge on any atom is -0.467 e. The number of rotatable bonds is 7. The van der Waals surface area contributed by atoms with Gasteiger partial charge in [-0.3, -0.25) is 14.9 Å². The molecule has 1 N–H and O–H groups in total. The van der Waals surface area contributed by atoms with E-state index in [-0.39, 0.29) is 12.1 Å². The molecule has 0 heterocycles. The predicted molar refractivity (Wildman–Crippen MR) is 100 cm³/mol. The molecule has 27 heavy (non-hydrogen) atoms. The van der Waals surface area contributed by atoms with Crippen LogP contribution < -0.4 is 5.32 Å². The van der Waals surface area contributed by atoms with E-state index in [0.29, 0.717) is 12.0 Å². The molecule has 2 aromatic carbocycles. The lowest BCUT2D eigenvalue weighted by Gasteiger charge is -2.19. The number of non-ortho nitro benzene ring substituents is 1. The van der Waals surface area contributed by atoms with Crippen molar-refractivity contribution < 1.29 is 19.2 Å². The zero-order valence-electron chi connectivity index (χ0n) is 15.5. The fourth-order valence-electron chi connectivity index (χ4n) is 2.92. The Labute approximate surface area is 157 Å².